The topological polar surface area (TPSA) is 143 Å². The van der Waals surface area contributed by atoms with Crippen LogP contribution < -0.4 is 10.3 Å². The summed E-state index contributed by atoms with van der Waals surface area (Å²) in [4.78, 5) is 39.6. The molecule has 0 N–H and O–H groups in total. The van der Waals surface area contributed by atoms with Crippen molar-refractivity contribution in [2.75, 3.05) is 0 Å². The van der Waals surface area contributed by atoms with E-state index in [2.05, 4.69) is 26.0 Å². The van der Waals surface area contributed by atoms with Crippen LogP contribution in [0.2, 0.25) is 5.02 Å². The van der Waals surface area contributed by atoms with Gasteiger partial charge in [0.15, 0.2) is 0 Å². The highest BCUT2D eigenvalue weighted by Gasteiger charge is 2.21. The Labute approximate surface area is 235 Å². The average molecular weight is 615 g/mol. The van der Waals surface area contributed by atoms with Crippen LogP contribution in [0.3, 0.4) is 0 Å². The van der Waals surface area contributed by atoms with E-state index in [1.54, 1.807) is 24.3 Å². The molecule has 0 unspecified atom stereocenters. The zero-order valence-electron chi connectivity index (χ0n) is 20.7. The third-order valence-corrected chi connectivity index (χ3v) is 6.73. The maximum atomic E-state index is 13.3. The highest BCUT2D eigenvalue weighted by molar-refractivity contribution is 9.10. The van der Waals surface area contributed by atoms with Gasteiger partial charge < -0.3 is 4.74 Å². The van der Waals surface area contributed by atoms with Gasteiger partial charge in [-0.05, 0) is 36.2 Å². The fourth-order valence-corrected chi connectivity index (χ4v) is 4.41. The Bertz CT molecular complexity index is 1690. The number of halogens is 2. The number of non-ortho nitro benzene ring substituents is 1. The number of hydrogen-bond donors (Lipinski definition) is 0. The Hall–Kier alpha value is -4.16. The maximum Gasteiger partial charge on any atom is 0.313 e. The number of nitro groups is 2. The summed E-state index contributed by atoms with van der Waals surface area (Å²) >= 11 is 9.72. The first kappa shape index (κ1) is 27.9. The van der Waals surface area contributed by atoms with Gasteiger partial charge in [-0.2, -0.15) is 9.78 Å². The molecule has 200 valence electrons. The standard InChI is InChI=1S/C26H21BrClN5O6/c1-3-15(2)25-30-22-8-7-18(27)12-20(22)26(34)31(25)29-13-17-10-21(28)24(23(11-17)33(37)38)39-14-16-5-4-6-19(9-16)32(35)36/h4-13,15H,3,14H2,1-2H3/t15-/m0/s1. The molecule has 0 radical (unpaired) electrons. The summed E-state index contributed by atoms with van der Waals surface area (Å²) in [6.45, 7) is 3.71. The molecule has 0 saturated heterocycles. The quantitative estimate of drug-likeness (QED) is 0.117. The van der Waals surface area contributed by atoms with Gasteiger partial charge in [-0.3, -0.25) is 25.0 Å². The van der Waals surface area contributed by atoms with Crippen LogP contribution in [-0.4, -0.2) is 25.7 Å². The molecule has 0 spiro atoms. The lowest BCUT2D eigenvalue weighted by atomic mass is 10.1. The molecular formula is C26H21BrClN5O6. The summed E-state index contributed by atoms with van der Waals surface area (Å²) in [5.41, 5.74) is 0.285. The van der Waals surface area contributed by atoms with Crippen LogP contribution in [0.15, 0.2) is 69.0 Å². The first-order valence-corrected chi connectivity index (χ1v) is 12.9. The summed E-state index contributed by atoms with van der Waals surface area (Å²) < 4.78 is 7.50. The minimum atomic E-state index is -0.655. The summed E-state index contributed by atoms with van der Waals surface area (Å²) in [6.07, 6.45) is 2.00. The Morgan fingerprint density at radius 1 is 1.15 bits per heavy atom. The van der Waals surface area contributed by atoms with Crippen molar-refractivity contribution < 1.29 is 14.6 Å². The van der Waals surface area contributed by atoms with E-state index in [0.29, 0.717) is 33.2 Å². The zero-order chi connectivity index (χ0) is 28.3. The molecule has 4 rings (SSSR count). The Balaban J connectivity index is 1.71. The predicted octanol–water partition coefficient (Wildman–Crippen LogP) is 6.60. The minimum absolute atomic E-state index is 0.0638. The molecule has 0 aliphatic heterocycles. The fraction of sp³-hybridized carbons (Fsp3) is 0.192. The van der Waals surface area contributed by atoms with Gasteiger partial charge in [-0.15, -0.1) is 0 Å². The number of nitro benzene ring substituents is 2. The minimum Gasteiger partial charge on any atom is -0.481 e. The molecule has 0 fully saturated rings. The number of nitrogens with zero attached hydrogens (tertiary/aromatic N) is 5. The summed E-state index contributed by atoms with van der Waals surface area (Å²) in [5, 5.41) is 27.5. The number of aromatic nitrogens is 2. The van der Waals surface area contributed by atoms with Gasteiger partial charge in [0.2, 0.25) is 5.75 Å². The van der Waals surface area contributed by atoms with Crippen LogP contribution in [0.4, 0.5) is 11.4 Å². The van der Waals surface area contributed by atoms with E-state index >= 15 is 0 Å². The van der Waals surface area contributed by atoms with E-state index in [-0.39, 0.29) is 40.1 Å². The second-order valence-electron chi connectivity index (χ2n) is 8.63. The fourth-order valence-electron chi connectivity index (χ4n) is 3.77. The van der Waals surface area contributed by atoms with E-state index < -0.39 is 15.5 Å². The highest BCUT2D eigenvalue weighted by Crippen LogP contribution is 2.36. The monoisotopic (exact) mass is 613 g/mol. The van der Waals surface area contributed by atoms with Gasteiger partial charge in [0, 0.05) is 34.2 Å². The van der Waals surface area contributed by atoms with E-state index in [1.807, 2.05) is 13.8 Å². The summed E-state index contributed by atoms with van der Waals surface area (Å²) in [7, 11) is 0. The van der Waals surface area contributed by atoms with Gasteiger partial charge in [-0.1, -0.05) is 53.5 Å². The molecule has 0 aliphatic carbocycles. The van der Waals surface area contributed by atoms with Crippen molar-refractivity contribution in [3.8, 4) is 5.75 Å². The summed E-state index contributed by atoms with van der Waals surface area (Å²) in [6, 6.07) is 13.6. The van der Waals surface area contributed by atoms with E-state index in [0.717, 1.165) is 0 Å². The van der Waals surface area contributed by atoms with Crippen molar-refractivity contribution in [3.05, 3.63) is 112 Å². The first-order valence-electron chi connectivity index (χ1n) is 11.7. The van der Waals surface area contributed by atoms with Crippen molar-refractivity contribution >= 4 is 56.0 Å². The number of benzene rings is 3. The van der Waals surface area contributed by atoms with Crippen molar-refractivity contribution in [2.24, 2.45) is 5.10 Å². The van der Waals surface area contributed by atoms with Gasteiger partial charge in [0.1, 0.15) is 12.4 Å². The van der Waals surface area contributed by atoms with E-state index in [4.69, 9.17) is 16.3 Å². The predicted molar refractivity (Wildman–Crippen MR) is 151 cm³/mol. The number of fused-ring (bicyclic) bond motifs is 1. The highest BCUT2D eigenvalue weighted by atomic mass is 79.9. The Kier molecular flexibility index (Phi) is 8.36. The van der Waals surface area contributed by atoms with Crippen LogP contribution in [0.25, 0.3) is 10.9 Å². The second-order valence-corrected chi connectivity index (χ2v) is 9.95. The maximum absolute atomic E-state index is 13.3. The van der Waals surface area contributed by atoms with Crippen LogP contribution >= 0.6 is 27.5 Å². The molecule has 0 saturated carbocycles. The molecule has 0 bridgehead atoms. The normalized spacial score (nSPS) is 12.1. The van der Waals surface area contributed by atoms with Gasteiger partial charge in [0.05, 0.1) is 32.0 Å². The van der Waals surface area contributed by atoms with Crippen molar-refractivity contribution in [1.29, 1.82) is 0 Å². The zero-order valence-corrected chi connectivity index (χ0v) is 23.0. The molecule has 3 aromatic carbocycles. The molecule has 1 heterocycles. The van der Waals surface area contributed by atoms with Crippen LogP contribution in [0.1, 0.15) is 43.1 Å². The SMILES string of the molecule is CC[C@H](C)c1nc2ccc(Br)cc2c(=O)n1N=Cc1cc(Cl)c(OCc2cccc([N+](=O)[O-])c2)c([N+](=O)[O-])c1. The van der Waals surface area contributed by atoms with Crippen LogP contribution in [0.5, 0.6) is 5.75 Å². The largest absolute Gasteiger partial charge is 0.481 e. The molecule has 0 amide bonds. The van der Waals surface area contributed by atoms with Gasteiger partial charge >= 0.3 is 5.69 Å². The molecule has 11 nitrogen and oxygen atoms in total. The summed E-state index contributed by atoms with van der Waals surface area (Å²) in [5.74, 6) is 0.163. The van der Waals surface area contributed by atoms with Gasteiger partial charge in [0.25, 0.3) is 11.2 Å². The molecule has 1 atom stereocenters. The van der Waals surface area contributed by atoms with Crippen LogP contribution in [-0.2, 0) is 6.61 Å². The average Bonchev–Trinajstić information content (AvgIpc) is 2.91. The van der Waals surface area contributed by atoms with Crippen LogP contribution in [0, 0.1) is 20.2 Å². The molecule has 0 aliphatic rings. The lowest BCUT2D eigenvalue weighted by Crippen LogP contribution is -2.23. The Morgan fingerprint density at radius 2 is 1.92 bits per heavy atom. The smallest absolute Gasteiger partial charge is 0.313 e. The number of ether oxygens (including phenoxy) is 1. The third-order valence-electron chi connectivity index (χ3n) is 5.96. The number of rotatable bonds is 9. The molecule has 4 aromatic rings. The van der Waals surface area contributed by atoms with Crippen molar-refractivity contribution in [1.82, 2.24) is 9.66 Å². The van der Waals surface area contributed by atoms with E-state index in [1.165, 1.54) is 41.2 Å². The van der Waals surface area contributed by atoms with E-state index in [9.17, 15) is 25.0 Å². The molecule has 39 heavy (non-hydrogen) atoms. The van der Waals surface area contributed by atoms with Gasteiger partial charge in [-0.25, -0.2) is 4.98 Å². The third kappa shape index (κ3) is 6.13. The van der Waals surface area contributed by atoms with Crippen molar-refractivity contribution in [3.63, 3.8) is 0 Å². The first-order chi connectivity index (χ1) is 18.6. The lowest BCUT2D eigenvalue weighted by molar-refractivity contribution is -0.385. The van der Waals surface area contributed by atoms with Crippen molar-refractivity contribution in [2.45, 2.75) is 32.8 Å². The molecule has 13 heteroatoms. The Morgan fingerprint density at radius 3 is 2.62 bits per heavy atom. The lowest BCUT2D eigenvalue weighted by Gasteiger charge is -2.14. The number of hydrogen-bond acceptors (Lipinski definition) is 8. The molecular weight excluding hydrogens is 594 g/mol. The molecule has 1 aromatic heterocycles. The second kappa shape index (κ2) is 11.7.